The maximum atomic E-state index is 13.1. The van der Waals surface area contributed by atoms with Crippen molar-refractivity contribution < 1.29 is 28.9 Å². The van der Waals surface area contributed by atoms with Crippen LogP contribution in [-0.4, -0.2) is 55.1 Å². The molecule has 2 rings (SSSR count). The van der Waals surface area contributed by atoms with E-state index in [0.717, 1.165) is 36.8 Å². The lowest BCUT2D eigenvalue weighted by molar-refractivity contribution is -0.146. The Labute approximate surface area is 430 Å². The van der Waals surface area contributed by atoms with Crippen LogP contribution in [0.25, 0.3) is 12.2 Å². The summed E-state index contributed by atoms with van der Waals surface area (Å²) in [4.78, 5) is 26.9. The van der Waals surface area contributed by atoms with E-state index >= 15 is 0 Å². The van der Waals surface area contributed by atoms with Crippen molar-refractivity contribution in [3.05, 3.63) is 109 Å². The molecule has 0 spiro atoms. The van der Waals surface area contributed by atoms with Gasteiger partial charge in [-0.25, -0.2) is 0 Å². The number of carbonyl (C=O) groups excluding carboxylic acids is 2. The summed E-state index contributed by atoms with van der Waals surface area (Å²) in [5, 5.41) is 27.7. The molecule has 6 unspecified atom stereocenters. The van der Waals surface area contributed by atoms with E-state index in [4.69, 9.17) is 25.8 Å². The van der Waals surface area contributed by atoms with E-state index in [1.807, 2.05) is 108 Å². The van der Waals surface area contributed by atoms with E-state index in [1.54, 1.807) is 25.3 Å². The number of allylic oxidation sites excluding steroid dienone is 8. The molecule has 70 heavy (non-hydrogen) atoms. The summed E-state index contributed by atoms with van der Waals surface area (Å²) >= 11 is 5.65. The van der Waals surface area contributed by atoms with E-state index in [9.17, 15) is 25.2 Å². The minimum Gasteiger partial charge on any atom is -0.504 e. The molecular formula is C60H90ClN3O6. The maximum absolute atomic E-state index is 13.1. The van der Waals surface area contributed by atoms with Crippen LogP contribution in [0.1, 0.15) is 151 Å². The lowest BCUT2D eigenvalue weighted by Gasteiger charge is -2.28. The van der Waals surface area contributed by atoms with Crippen molar-refractivity contribution in [2.75, 3.05) is 33.9 Å². The number of hydrogen-bond acceptors (Lipinski definition) is 9. The molecule has 0 aliphatic heterocycles. The van der Waals surface area contributed by atoms with E-state index in [-0.39, 0.29) is 28.8 Å². The quantitative estimate of drug-likeness (QED) is 0.0383. The zero-order valence-corrected chi connectivity index (χ0v) is 46.1. The summed E-state index contributed by atoms with van der Waals surface area (Å²) < 4.78 is 16.1. The topological polar surface area (TPSA) is 133 Å². The van der Waals surface area contributed by atoms with Crippen LogP contribution in [0.2, 0.25) is 0 Å². The third kappa shape index (κ3) is 27.7. The highest BCUT2D eigenvalue weighted by Crippen LogP contribution is 2.37. The SMILES string of the molecule is C/C=C/c1ccc(O)c(OC)c1.C=CC(C)CCC=CCC(C#N)CC(C)(CC)C(=O)Cl.C=CC(C)CCC=CCC(C#N)CC(C)(CC)C(=O)Oc1ccc(C=CC)cc1OC.CCN(CC)CC. The Morgan fingerprint density at radius 1 is 0.714 bits per heavy atom. The van der Waals surface area contributed by atoms with Gasteiger partial charge < -0.3 is 24.2 Å². The predicted octanol–water partition coefficient (Wildman–Crippen LogP) is 16.2. The molecule has 0 aromatic heterocycles. The summed E-state index contributed by atoms with van der Waals surface area (Å²) in [7, 11) is 3.09. The molecule has 0 aliphatic carbocycles. The van der Waals surface area contributed by atoms with Crippen LogP contribution < -0.4 is 14.2 Å². The molecule has 0 saturated heterocycles. The fourth-order valence-electron chi connectivity index (χ4n) is 6.85. The molecule has 0 heterocycles. The second-order valence-electron chi connectivity index (χ2n) is 18.0. The fraction of sp³-hybridized carbons (Fsp3) is 0.533. The number of phenolic OH excluding ortho intramolecular Hbond substituents is 1. The number of esters is 1. The number of hydrogen-bond donors (Lipinski definition) is 1. The van der Waals surface area contributed by atoms with E-state index < -0.39 is 10.8 Å². The summed E-state index contributed by atoms with van der Waals surface area (Å²) in [6.07, 6.45) is 27.6. The minimum absolute atomic E-state index is 0.157. The van der Waals surface area contributed by atoms with E-state index in [1.165, 1.54) is 26.7 Å². The first-order chi connectivity index (χ1) is 33.3. The first kappa shape index (κ1) is 66.7. The van der Waals surface area contributed by atoms with Gasteiger partial charge in [-0.2, -0.15) is 10.5 Å². The van der Waals surface area contributed by atoms with Crippen LogP contribution in [0.5, 0.6) is 23.0 Å². The van der Waals surface area contributed by atoms with Gasteiger partial charge >= 0.3 is 5.97 Å². The Hall–Kier alpha value is -5.35. The third-order valence-electron chi connectivity index (χ3n) is 12.5. The van der Waals surface area contributed by atoms with E-state index in [0.29, 0.717) is 67.6 Å². The predicted molar refractivity (Wildman–Crippen MR) is 296 cm³/mol. The molecule has 0 radical (unpaired) electrons. The van der Waals surface area contributed by atoms with Gasteiger partial charge in [0.15, 0.2) is 23.0 Å². The fourth-order valence-corrected chi connectivity index (χ4v) is 7.06. The van der Waals surface area contributed by atoms with Crippen molar-refractivity contribution in [1.29, 1.82) is 10.5 Å². The number of carbonyl (C=O) groups is 2. The normalized spacial score (nSPS) is 14.5. The maximum Gasteiger partial charge on any atom is 0.317 e. The summed E-state index contributed by atoms with van der Waals surface area (Å²) in [6.45, 7) is 33.4. The molecule has 9 nitrogen and oxygen atoms in total. The van der Waals surface area contributed by atoms with Gasteiger partial charge in [-0.15, -0.1) is 13.2 Å². The largest absolute Gasteiger partial charge is 0.504 e. The molecule has 0 aliphatic rings. The Morgan fingerprint density at radius 3 is 1.50 bits per heavy atom. The molecule has 388 valence electrons. The molecule has 2 aromatic carbocycles. The second kappa shape index (κ2) is 39.4. The van der Waals surface area contributed by atoms with Crippen molar-refractivity contribution in [2.45, 2.75) is 140 Å². The molecule has 10 heteroatoms. The average Bonchev–Trinajstić information content (AvgIpc) is 3.37. The summed E-state index contributed by atoms with van der Waals surface area (Å²) in [6, 6.07) is 15.3. The minimum atomic E-state index is -0.751. The number of rotatable bonds is 28. The first-order valence-corrected chi connectivity index (χ1v) is 25.5. The Balaban J connectivity index is 0. The van der Waals surface area contributed by atoms with Gasteiger partial charge in [-0.3, -0.25) is 9.59 Å². The van der Waals surface area contributed by atoms with Gasteiger partial charge in [0, 0.05) is 5.41 Å². The van der Waals surface area contributed by atoms with Crippen LogP contribution in [0.4, 0.5) is 0 Å². The Morgan fingerprint density at radius 2 is 1.14 bits per heavy atom. The van der Waals surface area contributed by atoms with Gasteiger partial charge in [-0.05, 0) is 163 Å². The van der Waals surface area contributed by atoms with Crippen molar-refractivity contribution in [3.63, 3.8) is 0 Å². The highest BCUT2D eigenvalue weighted by atomic mass is 35.5. The number of aromatic hydroxyl groups is 1. The second-order valence-corrected chi connectivity index (χ2v) is 18.4. The van der Waals surface area contributed by atoms with Crippen LogP contribution in [0.15, 0.2) is 98.2 Å². The highest BCUT2D eigenvalue weighted by molar-refractivity contribution is 6.64. The highest BCUT2D eigenvalue weighted by Gasteiger charge is 2.36. The number of nitrogens with zero attached hydrogens (tertiary/aromatic N) is 3. The average molecular weight is 985 g/mol. The van der Waals surface area contributed by atoms with Crippen molar-refractivity contribution in [2.24, 2.45) is 34.5 Å². The number of nitriles is 2. The number of ether oxygens (including phenoxy) is 3. The van der Waals surface area contributed by atoms with Gasteiger partial charge in [0.25, 0.3) is 0 Å². The van der Waals surface area contributed by atoms with Gasteiger partial charge in [-0.1, -0.05) is 128 Å². The standard InChI is InChI=1S/C27H37NO3.C17H26ClNO.C10H12O2.C6H15N/c1-7-13-22-16-17-24(25(18-22)30-6)31-26(29)27(5,9-3)19-23(20-28)15-12-10-11-14-21(4)8-2;1-5-14(3)10-8-7-9-11-15(13-19)12-17(4,6-2)16(18)20;1-3-4-8-5-6-9(11)10(7-8)12-2;1-4-7(5-2)6-3/h7-8,10,12-13,16-18,21,23H,2,9,11,14-15,19H2,1,3-6H3;5,7,9,14-15H,1,6,8,10-12H2,2-4H3;3-7,11H,1-2H3;4-6H2,1-3H3/b;;4-3+;. The summed E-state index contributed by atoms with van der Waals surface area (Å²) in [5.74, 6) is 1.84. The van der Waals surface area contributed by atoms with Crippen molar-refractivity contribution >= 4 is 35.0 Å². The Bertz CT molecular complexity index is 2000. The van der Waals surface area contributed by atoms with Crippen LogP contribution in [-0.2, 0) is 9.59 Å². The number of methoxy groups -OCH3 is 2. The zero-order chi connectivity index (χ0) is 53.5. The zero-order valence-electron chi connectivity index (χ0n) is 45.4. The monoisotopic (exact) mass is 984 g/mol. The molecule has 2 aromatic rings. The van der Waals surface area contributed by atoms with Crippen LogP contribution >= 0.6 is 11.6 Å². The number of phenols is 1. The summed E-state index contributed by atoms with van der Waals surface area (Å²) in [5.41, 5.74) is 0.648. The van der Waals surface area contributed by atoms with Gasteiger partial charge in [0.05, 0.1) is 43.6 Å². The lowest BCUT2D eigenvalue weighted by atomic mass is 9.78. The molecule has 1 N–H and O–H groups in total. The number of benzene rings is 2. The van der Waals surface area contributed by atoms with Crippen LogP contribution in [0, 0.1) is 57.2 Å². The molecule has 0 bridgehead atoms. The van der Waals surface area contributed by atoms with Crippen LogP contribution in [0.3, 0.4) is 0 Å². The van der Waals surface area contributed by atoms with Crippen molar-refractivity contribution in [1.82, 2.24) is 4.90 Å². The molecule has 0 fully saturated rings. The third-order valence-corrected chi connectivity index (χ3v) is 13.0. The molecular weight excluding hydrogens is 894 g/mol. The molecule has 0 saturated carbocycles. The lowest BCUT2D eigenvalue weighted by Crippen LogP contribution is -2.33. The van der Waals surface area contributed by atoms with Gasteiger partial charge in [0.2, 0.25) is 5.24 Å². The Kier molecular flexibility index (Phi) is 37.5. The van der Waals surface area contributed by atoms with Gasteiger partial charge in [0.1, 0.15) is 0 Å². The molecule has 0 amide bonds. The van der Waals surface area contributed by atoms with E-state index in [2.05, 4.69) is 77.0 Å². The molecule has 6 atom stereocenters. The number of halogens is 1. The smallest absolute Gasteiger partial charge is 0.317 e. The van der Waals surface area contributed by atoms with Crippen molar-refractivity contribution in [3.8, 4) is 35.1 Å². The first-order valence-electron chi connectivity index (χ1n) is 25.1.